The summed E-state index contributed by atoms with van der Waals surface area (Å²) in [7, 11) is 1.60. The molecule has 6 heteroatoms. The van der Waals surface area contributed by atoms with Crippen LogP contribution in [0.2, 0.25) is 0 Å². The average Bonchev–Trinajstić information content (AvgIpc) is 2.69. The summed E-state index contributed by atoms with van der Waals surface area (Å²) in [5, 5.41) is 2.76. The molecule has 0 fully saturated rings. The number of aryl methyl sites for hydroxylation is 1. The molecular weight excluding hydrogens is 344 g/mol. The molecule has 0 aliphatic rings. The predicted molar refractivity (Wildman–Crippen MR) is 103 cm³/mol. The van der Waals surface area contributed by atoms with Crippen molar-refractivity contribution in [3.63, 3.8) is 0 Å². The summed E-state index contributed by atoms with van der Waals surface area (Å²) in [6.45, 7) is 2.07. The van der Waals surface area contributed by atoms with Gasteiger partial charge in [0.2, 0.25) is 0 Å². The maximum absolute atomic E-state index is 12.6. The largest absolute Gasteiger partial charge is 0.497 e. The number of ether oxygens (including phenoxy) is 1. The molecule has 0 saturated heterocycles. The molecule has 0 radical (unpaired) electrons. The Balaban J connectivity index is 1.74. The molecular formula is C21H20N2O4. The number of carbonyl (C=O) groups is 1. The van der Waals surface area contributed by atoms with Crippen molar-refractivity contribution in [3.05, 3.63) is 93.9 Å². The lowest BCUT2D eigenvalue weighted by molar-refractivity contribution is 0.0863. The van der Waals surface area contributed by atoms with E-state index in [0.29, 0.717) is 5.69 Å². The Morgan fingerprint density at radius 3 is 2.48 bits per heavy atom. The number of hydrogen-bond donors (Lipinski definition) is 1. The van der Waals surface area contributed by atoms with Gasteiger partial charge in [-0.15, -0.1) is 0 Å². The first-order chi connectivity index (χ1) is 13.1. The van der Waals surface area contributed by atoms with Crippen LogP contribution in [0.15, 0.2) is 71.7 Å². The first kappa shape index (κ1) is 18.3. The first-order valence-corrected chi connectivity index (χ1v) is 8.43. The van der Waals surface area contributed by atoms with Crippen LogP contribution in [0.1, 0.15) is 21.5 Å². The van der Waals surface area contributed by atoms with Crippen molar-refractivity contribution in [2.24, 2.45) is 0 Å². The Morgan fingerprint density at radius 1 is 1.04 bits per heavy atom. The molecule has 0 bridgehead atoms. The highest BCUT2D eigenvalue weighted by Gasteiger charge is 2.14. The highest BCUT2D eigenvalue weighted by atomic mass is 16.7. The van der Waals surface area contributed by atoms with Gasteiger partial charge in [-0.25, -0.2) is 0 Å². The fourth-order valence-corrected chi connectivity index (χ4v) is 2.52. The smallest absolute Gasteiger partial charge is 0.295 e. The van der Waals surface area contributed by atoms with Crippen molar-refractivity contribution < 1.29 is 14.4 Å². The standard InChI is InChI=1S/C21H20N2O4/c1-15-6-3-4-8-19(15)22-20(24)18-7-5-13-23(21(18)25)27-14-16-9-11-17(26-2)12-10-16/h3-13H,14H2,1-2H3,(H,22,24). The molecule has 3 rings (SSSR count). The Labute approximate surface area is 156 Å². The predicted octanol–water partition coefficient (Wildman–Crippen LogP) is 3.05. The number of amides is 1. The number of benzene rings is 2. The summed E-state index contributed by atoms with van der Waals surface area (Å²) in [5.74, 6) is 0.266. The molecule has 0 spiro atoms. The zero-order chi connectivity index (χ0) is 19.2. The zero-order valence-corrected chi connectivity index (χ0v) is 15.1. The van der Waals surface area contributed by atoms with Crippen molar-refractivity contribution in [3.8, 4) is 5.75 Å². The summed E-state index contributed by atoms with van der Waals surface area (Å²) >= 11 is 0. The Morgan fingerprint density at radius 2 is 1.78 bits per heavy atom. The van der Waals surface area contributed by atoms with Crippen LogP contribution >= 0.6 is 0 Å². The van der Waals surface area contributed by atoms with Gasteiger partial charge in [-0.2, -0.15) is 4.73 Å². The SMILES string of the molecule is COc1ccc(COn2cccc(C(=O)Nc3ccccc3C)c2=O)cc1. The minimum atomic E-state index is -0.517. The van der Waals surface area contributed by atoms with E-state index >= 15 is 0 Å². The zero-order valence-electron chi connectivity index (χ0n) is 15.1. The van der Waals surface area contributed by atoms with Crippen LogP contribution in [-0.4, -0.2) is 17.7 Å². The fourth-order valence-electron chi connectivity index (χ4n) is 2.52. The number of pyridine rings is 1. The quantitative estimate of drug-likeness (QED) is 0.730. The lowest BCUT2D eigenvalue weighted by Gasteiger charge is -2.11. The molecule has 138 valence electrons. The Kier molecular flexibility index (Phi) is 5.56. The third-order valence-electron chi connectivity index (χ3n) is 4.08. The lowest BCUT2D eigenvalue weighted by Crippen LogP contribution is -2.32. The second kappa shape index (κ2) is 8.23. The summed E-state index contributed by atoms with van der Waals surface area (Å²) < 4.78 is 6.18. The van der Waals surface area contributed by atoms with Gasteiger partial charge >= 0.3 is 0 Å². The third-order valence-corrected chi connectivity index (χ3v) is 4.08. The molecule has 0 aliphatic carbocycles. The number of carbonyl (C=O) groups excluding carboxylic acids is 1. The van der Waals surface area contributed by atoms with Crippen LogP contribution < -0.4 is 20.5 Å². The summed E-state index contributed by atoms with van der Waals surface area (Å²) in [4.78, 5) is 30.6. The van der Waals surface area contributed by atoms with Crippen LogP contribution in [0.4, 0.5) is 5.69 Å². The van der Waals surface area contributed by atoms with E-state index in [1.54, 1.807) is 19.2 Å². The topological polar surface area (TPSA) is 69.6 Å². The fraction of sp³-hybridized carbons (Fsp3) is 0.143. The van der Waals surface area contributed by atoms with Crippen molar-refractivity contribution in [1.29, 1.82) is 0 Å². The maximum Gasteiger partial charge on any atom is 0.295 e. The number of rotatable bonds is 6. The van der Waals surface area contributed by atoms with Crippen molar-refractivity contribution in [2.45, 2.75) is 13.5 Å². The average molecular weight is 364 g/mol. The van der Waals surface area contributed by atoms with Gasteiger partial charge in [0, 0.05) is 11.9 Å². The molecule has 1 N–H and O–H groups in total. The van der Waals surface area contributed by atoms with Gasteiger partial charge in [-0.1, -0.05) is 30.3 Å². The molecule has 1 amide bonds. The number of anilines is 1. The molecule has 3 aromatic rings. The van der Waals surface area contributed by atoms with Gasteiger partial charge in [0.15, 0.2) is 0 Å². The van der Waals surface area contributed by atoms with Crippen LogP contribution in [0.5, 0.6) is 5.75 Å². The van der Waals surface area contributed by atoms with Gasteiger partial charge in [-0.05, 0) is 48.4 Å². The van der Waals surface area contributed by atoms with E-state index in [4.69, 9.17) is 9.57 Å². The van der Waals surface area contributed by atoms with E-state index < -0.39 is 11.5 Å². The lowest BCUT2D eigenvalue weighted by atomic mass is 10.2. The molecule has 0 unspecified atom stereocenters. The van der Waals surface area contributed by atoms with E-state index in [1.807, 2.05) is 49.4 Å². The van der Waals surface area contributed by atoms with Crippen LogP contribution in [-0.2, 0) is 6.61 Å². The van der Waals surface area contributed by atoms with E-state index in [-0.39, 0.29) is 12.2 Å². The van der Waals surface area contributed by atoms with Gasteiger partial charge in [0.05, 0.1) is 7.11 Å². The molecule has 0 atom stereocenters. The number of aromatic nitrogens is 1. The van der Waals surface area contributed by atoms with Gasteiger partial charge in [0.25, 0.3) is 11.5 Å². The highest BCUT2D eigenvalue weighted by molar-refractivity contribution is 6.04. The molecule has 6 nitrogen and oxygen atoms in total. The van der Waals surface area contributed by atoms with E-state index in [9.17, 15) is 9.59 Å². The molecule has 1 heterocycles. The number of hydrogen-bond acceptors (Lipinski definition) is 4. The Bertz CT molecular complexity index is 994. The summed E-state index contributed by atoms with van der Waals surface area (Å²) in [6, 6.07) is 17.8. The number of nitrogens with one attached hydrogen (secondary N) is 1. The molecule has 2 aromatic carbocycles. The van der Waals surface area contributed by atoms with Crippen molar-refractivity contribution >= 4 is 11.6 Å². The second-order valence-corrected chi connectivity index (χ2v) is 5.94. The summed E-state index contributed by atoms with van der Waals surface area (Å²) in [5.41, 5.74) is 1.94. The monoisotopic (exact) mass is 364 g/mol. The molecule has 0 saturated carbocycles. The molecule has 0 aliphatic heterocycles. The molecule has 1 aromatic heterocycles. The normalized spacial score (nSPS) is 10.3. The van der Waals surface area contributed by atoms with E-state index in [0.717, 1.165) is 21.6 Å². The van der Waals surface area contributed by atoms with Gasteiger partial charge in [0.1, 0.15) is 17.9 Å². The molecule has 27 heavy (non-hydrogen) atoms. The number of methoxy groups -OCH3 is 1. The van der Waals surface area contributed by atoms with Crippen LogP contribution in [0.3, 0.4) is 0 Å². The van der Waals surface area contributed by atoms with Gasteiger partial charge < -0.3 is 14.9 Å². The van der Waals surface area contributed by atoms with E-state index in [1.165, 1.54) is 12.3 Å². The third kappa shape index (κ3) is 4.36. The van der Waals surface area contributed by atoms with Crippen LogP contribution in [0.25, 0.3) is 0 Å². The first-order valence-electron chi connectivity index (χ1n) is 8.43. The number of nitrogens with zero attached hydrogens (tertiary/aromatic N) is 1. The minimum absolute atomic E-state index is 0.00971. The number of para-hydroxylation sites is 1. The summed E-state index contributed by atoms with van der Waals surface area (Å²) in [6.07, 6.45) is 1.48. The highest BCUT2D eigenvalue weighted by Crippen LogP contribution is 2.14. The second-order valence-electron chi connectivity index (χ2n) is 5.94. The maximum atomic E-state index is 12.6. The van der Waals surface area contributed by atoms with Gasteiger partial charge in [-0.3, -0.25) is 9.59 Å². The van der Waals surface area contributed by atoms with E-state index in [2.05, 4.69) is 5.32 Å². The van der Waals surface area contributed by atoms with Crippen LogP contribution in [0, 0.1) is 6.92 Å². The Hall–Kier alpha value is -3.54. The van der Waals surface area contributed by atoms with Crippen molar-refractivity contribution in [2.75, 3.05) is 12.4 Å². The minimum Gasteiger partial charge on any atom is -0.497 e. The van der Waals surface area contributed by atoms with Crippen molar-refractivity contribution in [1.82, 2.24) is 4.73 Å².